The first-order valence-corrected chi connectivity index (χ1v) is 6.74. The minimum atomic E-state index is -0.738. The topological polar surface area (TPSA) is 66.5 Å². The smallest absolute Gasteiger partial charge is 0.261 e. The van der Waals surface area contributed by atoms with Gasteiger partial charge in [-0.25, -0.2) is 0 Å². The Hall–Kier alpha value is -2.17. The van der Waals surface area contributed by atoms with Crippen LogP contribution in [0.15, 0.2) is 35.6 Å². The van der Waals surface area contributed by atoms with Crippen molar-refractivity contribution >= 4 is 17.7 Å². The monoisotopic (exact) mass is 274 g/mol. The molecule has 2 fully saturated rings. The number of carbonyl (C=O) groups excluding carboxylic acids is 3. The number of carbonyl (C=O) groups is 3. The highest BCUT2D eigenvalue weighted by atomic mass is 16.2. The SMILES string of the molecule is C=C1CCC(N2C(=O)C(=C/C)/C(=C\CC)C2=O)C(=O)N1. The fourth-order valence-electron chi connectivity index (χ4n) is 2.55. The summed E-state index contributed by atoms with van der Waals surface area (Å²) in [7, 11) is 0. The zero-order chi connectivity index (χ0) is 14.9. The quantitative estimate of drug-likeness (QED) is 0.612. The minimum absolute atomic E-state index is 0.337. The molecule has 2 aliphatic rings. The van der Waals surface area contributed by atoms with Crippen LogP contribution in [-0.4, -0.2) is 28.7 Å². The van der Waals surface area contributed by atoms with Gasteiger partial charge in [0, 0.05) is 16.8 Å². The lowest BCUT2D eigenvalue weighted by molar-refractivity contribution is -0.145. The average Bonchev–Trinajstić information content (AvgIpc) is 2.63. The Labute approximate surface area is 118 Å². The molecule has 0 aromatic heterocycles. The molecule has 5 nitrogen and oxygen atoms in total. The van der Waals surface area contributed by atoms with E-state index < -0.39 is 6.04 Å². The summed E-state index contributed by atoms with van der Waals surface area (Å²) in [5.41, 5.74) is 1.41. The van der Waals surface area contributed by atoms with Crippen molar-refractivity contribution < 1.29 is 14.4 Å². The van der Waals surface area contributed by atoms with Crippen molar-refractivity contribution in [3.05, 3.63) is 35.6 Å². The number of nitrogens with one attached hydrogen (secondary N) is 1. The summed E-state index contributed by atoms with van der Waals surface area (Å²) in [6.07, 6.45) is 5.02. The predicted octanol–water partition coefficient (Wildman–Crippen LogP) is 1.43. The molecular formula is C15H18N2O3. The van der Waals surface area contributed by atoms with Crippen molar-refractivity contribution in [2.24, 2.45) is 0 Å². The van der Waals surface area contributed by atoms with E-state index in [4.69, 9.17) is 0 Å². The van der Waals surface area contributed by atoms with Crippen LogP contribution in [0.4, 0.5) is 0 Å². The average molecular weight is 274 g/mol. The third kappa shape index (κ3) is 2.19. The number of nitrogens with zero attached hydrogens (tertiary/aromatic N) is 1. The van der Waals surface area contributed by atoms with Crippen LogP contribution in [0.1, 0.15) is 33.1 Å². The molecule has 3 amide bonds. The molecule has 2 saturated heterocycles. The number of hydrogen-bond acceptors (Lipinski definition) is 3. The Morgan fingerprint density at radius 2 is 1.95 bits per heavy atom. The molecule has 0 bridgehead atoms. The van der Waals surface area contributed by atoms with Crippen LogP contribution in [0, 0.1) is 0 Å². The van der Waals surface area contributed by atoms with Crippen molar-refractivity contribution in [1.82, 2.24) is 10.2 Å². The van der Waals surface area contributed by atoms with Crippen LogP contribution in [0.25, 0.3) is 0 Å². The summed E-state index contributed by atoms with van der Waals surface area (Å²) >= 11 is 0. The second-order valence-electron chi connectivity index (χ2n) is 4.86. The van der Waals surface area contributed by atoms with Gasteiger partial charge in [-0.05, 0) is 26.2 Å². The van der Waals surface area contributed by atoms with Gasteiger partial charge in [0.25, 0.3) is 11.8 Å². The summed E-state index contributed by atoms with van der Waals surface area (Å²) in [6, 6.07) is -0.738. The van der Waals surface area contributed by atoms with Crippen LogP contribution >= 0.6 is 0 Å². The van der Waals surface area contributed by atoms with Crippen molar-refractivity contribution in [2.75, 3.05) is 0 Å². The van der Waals surface area contributed by atoms with Crippen LogP contribution in [0.3, 0.4) is 0 Å². The molecule has 2 aliphatic heterocycles. The van der Waals surface area contributed by atoms with Gasteiger partial charge in [0.2, 0.25) is 5.91 Å². The van der Waals surface area contributed by atoms with Crippen LogP contribution in [0.2, 0.25) is 0 Å². The van der Waals surface area contributed by atoms with Gasteiger partial charge in [0.15, 0.2) is 0 Å². The molecule has 1 atom stereocenters. The van der Waals surface area contributed by atoms with Crippen molar-refractivity contribution in [1.29, 1.82) is 0 Å². The second-order valence-corrected chi connectivity index (χ2v) is 4.86. The molecule has 0 aliphatic carbocycles. The van der Waals surface area contributed by atoms with Gasteiger partial charge in [0.05, 0.1) is 0 Å². The van der Waals surface area contributed by atoms with E-state index in [0.717, 1.165) is 4.90 Å². The van der Waals surface area contributed by atoms with Crippen molar-refractivity contribution in [3.8, 4) is 0 Å². The first-order chi connectivity index (χ1) is 9.51. The lowest BCUT2D eigenvalue weighted by Gasteiger charge is -2.29. The minimum Gasteiger partial charge on any atom is -0.329 e. The highest BCUT2D eigenvalue weighted by molar-refractivity contribution is 6.25. The number of rotatable bonds is 2. The van der Waals surface area contributed by atoms with Gasteiger partial charge in [0.1, 0.15) is 6.04 Å². The van der Waals surface area contributed by atoms with E-state index in [1.807, 2.05) is 6.92 Å². The summed E-state index contributed by atoms with van der Waals surface area (Å²) in [4.78, 5) is 37.8. The normalized spacial score (nSPS) is 27.7. The van der Waals surface area contributed by atoms with E-state index >= 15 is 0 Å². The van der Waals surface area contributed by atoms with Crippen LogP contribution < -0.4 is 5.32 Å². The van der Waals surface area contributed by atoms with E-state index in [1.165, 1.54) is 0 Å². The maximum atomic E-state index is 12.4. The zero-order valence-electron chi connectivity index (χ0n) is 11.7. The lowest BCUT2D eigenvalue weighted by atomic mass is 10.0. The standard InChI is InChI=1S/C15H18N2O3/c1-4-6-11-10(5-2)14(19)17(15(11)20)12-8-7-9(3)16-13(12)18/h5-6,12H,3-4,7-8H2,1-2H3,(H,16,18)/b10-5+,11-6+. The zero-order valence-corrected chi connectivity index (χ0v) is 11.7. The molecule has 0 aromatic carbocycles. The maximum absolute atomic E-state index is 12.4. The van der Waals surface area contributed by atoms with Gasteiger partial charge in [-0.2, -0.15) is 0 Å². The number of piperidine rings is 1. The number of allylic oxidation sites excluding steroid dienone is 3. The summed E-state index contributed by atoms with van der Waals surface area (Å²) in [5, 5.41) is 2.61. The Kier molecular flexibility index (Phi) is 3.88. The first-order valence-electron chi connectivity index (χ1n) is 6.74. The fourth-order valence-corrected chi connectivity index (χ4v) is 2.55. The van der Waals surface area contributed by atoms with Gasteiger partial charge >= 0.3 is 0 Å². The molecule has 0 spiro atoms. The molecule has 20 heavy (non-hydrogen) atoms. The molecular weight excluding hydrogens is 256 g/mol. The van der Waals surface area contributed by atoms with E-state index in [9.17, 15) is 14.4 Å². The van der Waals surface area contributed by atoms with Crippen LogP contribution in [-0.2, 0) is 14.4 Å². The molecule has 2 rings (SSSR count). The van der Waals surface area contributed by atoms with Gasteiger partial charge in [-0.1, -0.05) is 25.7 Å². The molecule has 1 N–H and O–H groups in total. The third-order valence-electron chi connectivity index (χ3n) is 3.52. The number of likely N-dealkylation sites (tertiary alicyclic amines) is 1. The molecule has 1 unspecified atom stereocenters. The fraction of sp³-hybridized carbons (Fsp3) is 0.400. The van der Waals surface area contributed by atoms with Gasteiger partial charge in [-0.3, -0.25) is 19.3 Å². The predicted molar refractivity (Wildman–Crippen MR) is 74.3 cm³/mol. The Bertz CT molecular complexity index is 557. The molecule has 2 heterocycles. The Balaban J connectivity index is 2.36. The summed E-state index contributed by atoms with van der Waals surface area (Å²) in [6.45, 7) is 7.32. The Morgan fingerprint density at radius 3 is 2.50 bits per heavy atom. The van der Waals surface area contributed by atoms with E-state index in [2.05, 4.69) is 11.9 Å². The lowest BCUT2D eigenvalue weighted by Crippen LogP contribution is -2.51. The number of hydrogen-bond donors (Lipinski definition) is 1. The third-order valence-corrected chi connectivity index (χ3v) is 3.52. The first kappa shape index (κ1) is 14.2. The van der Waals surface area contributed by atoms with Gasteiger partial charge < -0.3 is 5.32 Å². The van der Waals surface area contributed by atoms with Crippen molar-refractivity contribution in [2.45, 2.75) is 39.2 Å². The van der Waals surface area contributed by atoms with Crippen molar-refractivity contribution in [3.63, 3.8) is 0 Å². The molecule has 5 heteroatoms. The van der Waals surface area contributed by atoms with E-state index in [-0.39, 0.29) is 17.7 Å². The Morgan fingerprint density at radius 1 is 1.30 bits per heavy atom. The summed E-state index contributed by atoms with van der Waals surface area (Å²) in [5.74, 6) is -1.10. The molecule has 0 saturated carbocycles. The maximum Gasteiger partial charge on any atom is 0.261 e. The number of imide groups is 1. The second kappa shape index (κ2) is 5.45. The molecule has 106 valence electrons. The van der Waals surface area contributed by atoms with Crippen LogP contribution in [0.5, 0.6) is 0 Å². The van der Waals surface area contributed by atoms with E-state index in [0.29, 0.717) is 36.1 Å². The highest BCUT2D eigenvalue weighted by Gasteiger charge is 2.45. The molecule has 0 radical (unpaired) electrons. The van der Waals surface area contributed by atoms with E-state index in [1.54, 1.807) is 19.1 Å². The summed E-state index contributed by atoms with van der Waals surface area (Å²) < 4.78 is 0. The van der Waals surface area contributed by atoms with Gasteiger partial charge in [-0.15, -0.1) is 0 Å². The molecule has 0 aromatic rings. The number of amides is 3. The largest absolute Gasteiger partial charge is 0.329 e. The highest BCUT2D eigenvalue weighted by Crippen LogP contribution is 2.30.